The number of amidine groups is 1. The maximum Gasteiger partial charge on any atom is 0.173 e. The van der Waals surface area contributed by atoms with Crippen LogP contribution in [-0.2, 0) is 6.61 Å². The van der Waals surface area contributed by atoms with Gasteiger partial charge in [0, 0.05) is 5.56 Å². The first-order valence-corrected chi connectivity index (χ1v) is 6.62. The Bertz CT molecular complexity index is 693. The molecule has 2 aromatic rings. The van der Waals surface area contributed by atoms with E-state index in [1.165, 1.54) is 12.1 Å². The van der Waals surface area contributed by atoms with Crippen molar-refractivity contribution in [2.75, 3.05) is 0 Å². The highest BCUT2D eigenvalue weighted by Crippen LogP contribution is 2.32. The van der Waals surface area contributed by atoms with Gasteiger partial charge in [-0.15, -0.1) is 0 Å². The van der Waals surface area contributed by atoms with Crippen LogP contribution in [0.15, 0.2) is 41.6 Å². The molecule has 0 saturated heterocycles. The van der Waals surface area contributed by atoms with Gasteiger partial charge in [0.05, 0.1) is 10.6 Å². The summed E-state index contributed by atoms with van der Waals surface area (Å²) in [4.78, 5) is 0. The Morgan fingerprint density at radius 2 is 1.95 bits per heavy atom. The number of halogens is 3. The molecule has 0 atom stereocenters. The monoisotopic (exact) mass is 328 g/mol. The molecule has 0 aliphatic carbocycles. The summed E-state index contributed by atoms with van der Waals surface area (Å²) in [7, 11) is 0. The smallest absolute Gasteiger partial charge is 0.173 e. The maximum absolute atomic E-state index is 14.2. The van der Waals surface area contributed by atoms with E-state index >= 15 is 0 Å². The number of benzene rings is 2. The van der Waals surface area contributed by atoms with Crippen molar-refractivity contribution in [2.24, 2.45) is 10.9 Å². The van der Waals surface area contributed by atoms with E-state index in [1.54, 1.807) is 24.3 Å². The first-order valence-electron chi connectivity index (χ1n) is 5.86. The Balaban J connectivity index is 2.23. The second-order valence-electron chi connectivity index (χ2n) is 4.10. The van der Waals surface area contributed by atoms with E-state index < -0.39 is 5.82 Å². The summed E-state index contributed by atoms with van der Waals surface area (Å²) in [5.74, 6) is -0.584. The van der Waals surface area contributed by atoms with Gasteiger partial charge in [0.2, 0.25) is 0 Å². The molecule has 0 radical (unpaired) electrons. The molecule has 3 N–H and O–H groups in total. The molecule has 21 heavy (non-hydrogen) atoms. The minimum absolute atomic E-state index is 0.00390. The molecule has 0 aliphatic heterocycles. The van der Waals surface area contributed by atoms with Gasteiger partial charge in [-0.25, -0.2) is 4.39 Å². The number of hydrogen-bond donors (Lipinski definition) is 2. The average Bonchev–Trinajstić information content (AvgIpc) is 2.49. The van der Waals surface area contributed by atoms with Crippen molar-refractivity contribution in [1.82, 2.24) is 0 Å². The van der Waals surface area contributed by atoms with Gasteiger partial charge < -0.3 is 15.7 Å². The quantitative estimate of drug-likeness (QED) is 0.388. The molecule has 7 heteroatoms. The molecule has 0 bridgehead atoms. The van der Waals surface area contributed by atoms with Gasteiger partial charge in [-0.3, -0.25) is 0 Å². The molecule has 2 aromatic carbocycles. The van der Waals surface area contributed by atoms with Crippen LogP contribution in [0.25, 0.3) is 0 Å². The molecule has 110 valence electrons. The lowest BCUT2D eigenvalue weighted by molar-refractivity contribution is 0.299. The summed E-state index contributed by atoms with van der Waals surface area (Å²) >= 11 is 11.8. The van der Waals surface area contributed by atoms with Crippen LogP contribution >= 0.6 is 23.2 Å². The van der Waals surface area contributed by atoms with Crippen molar-refractivity contribution in [3.05, 3.63) is 63.4 Å². The molecule has 0 unspecified atom stereocenters. The van der Waals surface area contributed by atoms with Crippen molar-refractivity contribution < 1.29 is 14.3 Å². The van der Waals surface area contributed by atoms with E-state index in [9.17, 15) is 4.39 Å². The lowest BCUT2D eigenvalue weighted by atomic mass is 10.1. The van der Waals surface area contributed by atoms with Crippen molar-refractivity contribution >= 4 is 29.0 Å². The minimum atomic E-state index is -0.619. The van der Waals surface area contributed by atoms with Crippen LogP contribution in [0.5, 0.6) is 5.75 Å². The highest BCUT2D eigenvalue weighted by atomic mass is 35.5. The van der Waals surface area contributed by atoms with E-state index in [2.05, 4.69) is 5.16 Å². The van der Waals surface area contributed by atoms with Crippen LogP contribution in [0.1, 0.15) is 11.1 Å². The number of nitrogens with two attached hydrogens (primary N) is 1. The minimum Gasteiger partial charge on any atom is -0.487 e. The van der Waals surface area contributed by atoms with Crippen molar-refractivity contribution in [3.63, 3.8) is 0 Å². The van der Waals surface area contributed by atoms with E-state index in [0.29, 0.717) is 10.8 Å². The Morgan fingerprint density at radius 3 is 2.67 bits per heavy atom. The van der Waals surface area contributed by atoms with Gasteiger partial charge in [-0.05, 0) is 18.2 Å². The fourth-order valence-corrected chi connectivity index (χ4v) is 2.04. The zero-order valence-corrected chi connectivity index (χ0v) is 12.2. The van der Waals surface area contributed by atoms with Crippen LogP contribution in [-0.4, -0.2) is 11.0 Å². The molecular formula is C14H11Cl2FN2O2. The van der Waals surface area contributed by atoms with Gasteiger partial charge >= 0.3 is 0 Å². The maximum atomic E-state index is 14.2. The molecule has 4 nitrogen and oxygen atoms in total. The Morgan fingerprint density at radius 1 is 1.24 bits per heavy atom. The standard InChI is InChI=1S/C14H11Cl2FN2O2/c15-10-5-2-6-11(12(10)16)21-7-8-3-1-4-9(13(8)17)14(18)19-20/h1-6,20H,7H2,(H2,18,19). The first-order chi connectivity index (χ1) is 10.0. The Labute approximate surface area is 130 Å². The molecule has 0 aromatic heterocycles. The first kappa shape index (κ1) is 15.4. The highest BCUT2D eigenvalue weighted by Gasteiger charge is 2.13. The molecule has 0 aliphatic rings. The summed E-state index contributed by atoms with van der Waals surface area (Å²) in [6.07, 6.45) is 0. The van der Waals surface area contributed by atoms with Crippen LogP contribution in [0.3, 0.4) is 0 Å². The number of oxime groups is 1. The number of ether oxygens (including phenoxy) is 1. The lowest BCUT2D eigenvalue weighted by Gasteiger charge is -2.11. The predicted octanol–water partition coefficient (Wildman–Crippen LogP) is 3.81. The van der Waals surface area contributed by atoms with E-state index in [1.807, 2.05) is 0 Å². The van der Waals surface area contributed by atoms with E-state index in [4.69, 9.17) is 38.9 Å². The van der Waals surface area contributed by atoms with Crippen molar-refractivity contribution in [1.29, 1.82) is 0 Å². The van der Waals surface area contributed by atoms with Gasteiger partial charge in [0.1, 0.15) is 23.2 Å². The zero-order chi connectivity index (χ0) is 15.4. The third-order valence-corrected chi connectivity index (χ3v) is 3.56. The number of hydrogen-bond acceptors (Lipinski definition) is 3. The van der Waals surface area contributed by atoms with Crippen LogP contribution in [0, 0.1) is 5.82 Å². The van der Waals surface area contributed by atoms with E-state index in [-0.39, 0.29) is 28.6 Å². The molecule has 0 spiro atoms. The summed E-state index contributed by atoms with van der Waals surface area (Å²) in [5.41, 5.74) is 5.64. The average molecular weight is 329 g/mol. The largest absolute Gasteiger partial charge is 0.487 e. The molecule has 2 rings (SSSR count). The second kappa shape index (κ2) is 6.65. The Hall–Kier alpha value is -1.98. The molecule has 0 fully saturated rings. The highest BCUT2D eigenvalue weighted by molar-refractivity contribution is 6.42. The SMILES string of the molecule is N/C(=N/O)c1cccc(COc2cccc(Cl)c2Cl)c1F. The topological polar surface area (TPSA) is 67.8 Å². The van der Waals surface area contributed by atoms with Gasteiger partial charge in [0.15, 0.2) is 5.84 Å². The fourth-order valence-electron chi connectivity index (χ4n) is 1.69. The Kier molecular flexibility index (Phi) is 4.88. The van der Waals surface area contributed by atoms with E-state index in [0.717, 1.165) is 0 Å². The third kappa shape index (κ3) is 3.37. The summed E-state index contributed by atoms with van der Waals surface area (Å²) in [5, 5.41) is 12.0. The third-order valence-electron chi connectivity index (χ3n) is 2.76. The number of rotatable bonds is 4. The lowest BCUT2D eigenvalue weighted by Crippen LogP contribution is -2.16. The molecular weight excluding hydrogens is 318 g/mol. The second-order valence-corrected chi connectivity index (χ2v) is 4.89. The zero-order valence-electron chi connectivity index (χ0n) is 10.7. The van der Waals surface area contributed by atoms with Gasteiger partial charge in [-0.1, -0.05) is 46.6 Å². The van der Waals surface area contributed by atoms with Crippen LogP contribution in [0.2, 0.25) is 10.0 Å². The normalized spacial score (nSPS) is 11.5. The summed E-state index contributed by atoms with van der Waals surface area (Å²) < 4.78 is 19.6. The van der Waals surface area contributed by atoms with Gasteiger partial charge in [0.25, 0.3) is 0 Å². The predicted molar refractivity (Wildman–Crippen MR) is 79.7 cm³/mol. The van der Waals surface area contributed by atoms with Crippen molar-refractivity contribution in [3.8, 4) is 5.75 Å². The summed E-state index contributed by atoms with van der Waals surface area (Å²) in [6, 6.07) is 9.43. The molecule has 0 heterocycles. The van der Waals surface area contributed by atoms with Crippen molar-refractivity contribution in [2.45, 2.75) is 6.61 Å². The van der Waals surface area contributed by atoms with Crippen LogP contribution < -0.4 is 10.5 Å². The fraction of sp³-hybridized carbons (Fsp3) is 0.0714. The van der Waals surface area contributed by atoms with Crippen LogP contribution in [0.4, 0.5) is 4.39 Å². The molecule has 0 saturated carbocycles. The van der Waals surface area contributed by atoms with Gasteiger partial charge in [-0.2, -0.15) is 0 Å². The number of nitrogens with zero attached hydrogens (tertiary/aromatic N) is 1. The molecule has 0 amide bonds. The summed E-state index contributed by atoms with van der Waals surface area (Å²) in [6.45, 7) is -0.0710.